The third-order valence-electron chi connectivity index (χ3n) is 3.76. The third-order valence-corrected chi connectivity index (χ3v) is 3.76. The van der Waals surface area contributed by atoms with Crippen LogP contribution in [0, 0.1) is 0 Å². The highest BCUT2D eigenvalue weighted by Gasteiger charge is 2.15. The molecule has 1 unspecified atom stereocenters. The van der Waals surface area contributed by atoms with E-state index in [-0.39, 0.29) is 12.0 Å². The summed E-state index contributed by atoms with van der Waals surface area (Å²) >= 11 is 0. The third kappa shape index (κ3) is 5.86. The quantitative estimate of drug-likeness (QED) is 0.811. The Bertz CT molecular complexity index is 442. The lowest BCUT2D eigenvalue weighted by molar-refractivity contribution is -0.117. The molecule has 0 bridgehead atoms. The van der Waals surface area contributed by atoms with E-state index < -0.39 is 0 Å². The first-order chi connectivity index (χ1) is 10.3. The maximum absolute atomic E-state index is 12.0. The topological polar surface area (TPSA) is 50.4 Å². The van der Waals surface area contributed by atoms with Crippen molar-refractivity contribution in [2.75, 3.05) is 18.5 Å². The fourth-order valence-electron chi connectivity index (χ4n) is 2.58. The fourth-order valence-corrected chi connectivity index (χ4v) is 2.58. The predicted octanol–water partition coefficient (Wildman–Crippen LogP) is 3.08. The van der Waals surface area contributed by atoms with E-state index in [9.17, 15) is 4.79 Å². The molecule has 2 rings (SSSR count). The van der Waals surface area contributed by atoms with Gasteiger partial charge in [0.25, 0.3) is 0 Å². The minimum Gasteiger partial charge on any atom is -0.378 e. The molecule has 0 radical (unpaired) electrons. The molecule has 0 saturated carbocycles. The second-order valence-corrected chi connectivity index (χ2v) is 5.56. The zero-order valence-corrected chi connectivity index (χ0v) is 12.9. The highest BCUT2D eigenvalue weighted by atomic mass is 16.5. The van der Waals surface area contributed by atoms with Gasteiger partial charge in [0.2, 0.25) is 5.91 Å². The summed E-state index contributed by atoms with van der Waals surface area (Å²) in [4.78, 5) is 12.0. The van der Waals surface area contributed by atoms with E-state index in [0.717, 1.165) is 44.6 Å². The maximum atomic E-state index is 12.0. The van der Waals surface area contributed by atoms with Crippen molar-refractivity contribution in [1.82, 2.24) is 5.32 Å². The van der Waals surface area contributed by atoms with Crippen molar-refractivity contribution < 1.29 is 9.53 Å². The van der Waals surface area contributed by atoms with Gasteiger partial charge in [-0.3, -0.25) is 4.79 Å². The lowest BCUT2D eigenvalue weighted by Crippen LogP contribution is -2.21. The molecule has 0 aliphatic carbocycles. The second kappa shape index (κ2) is 8.80. The van der Waals surface area contributed by atoms with E-state index in [1.807, 2.05) is 18.2 Å². The van der Waals surface area contributed by atoms with Crippen LogP contribution < -0.4 is 10.6 Å². The zero-order chi connectivity index (χ0) is 14.9. The second-order valence-electron chi connectivity index (χ2n) is 5.56. The molecule has 1 saturated heterocycles. The van der Waals surface area contributed by atoms with Gasteiger partial charge in [0, 0.05) is 25.3 Å². The van der Waals surface area contributed by atoms with E-state index in [1.54, 1.807) is 0 Å². The first-order valence-electron chi connectivity index (χ1n) is 7.99. The molecule has 1 aliphatic heterocycles. The lowest BCUT2D eigenvalue weighted by atomic mass is 10.0. The van der Waals surface area contributed by atoms with Gasteiger partial charge in [-0.15, -0.1) is 0 Å². The number of carbonyl (C=O) groups excluding carboxylic acids is 1. The van der Waals surface area contributed by atoms with Crippen molar-refractivity contribution in [3.8, 4) is 0 Å². The first kappa shape index (κ1) is 16.0. The van der Waals surface area contributed by atoms with E-state index in [1.165, 1.54) is 12.0 Å². The van der Waals surface area contributed by atoms with E-state index in [2.05, 4.69) is 23.6 Å². The molecule has 4 heteroatoms. The number of rotatable bonds is 7. The molecular weight excluding hydrogens is 264 g/mol. The number of anilines is 1. The van der Waals surface area contributed by atoms with Crippen LogP contribution in [0.2, 0.25) is 0 Å². The Balaban J connectivity index is 1.76. The highest BCUT2D eigenvalue weighted by Crippen LogP contribution is 2.17. The lowest BCUT2D eigenvalue weighted by Gasteiger charge is -2.22. The Kier molecular flexibility index (Phi) is 6.70. The Morgan fingerprint density at radius 1 is 1.38 bits per heavy atom. The van der Waals surface area contributed by atoms with Crippen LogP contribution in [0.25, 0.3) is 0 Å². The Labute approximate surface area is 127 Å². The van der Waals surface area contributed by atoms with Gasteiger partial charge in [-0.05, 0) is 49.9 Å². The molecule has 1 aromatic rings. The van der Waals surface area contributed by atoms with Gasteiger partial charge in [0.1, 0.15) is 0 Å². The first-order valence-corrected chi connectivity index (χ1v) is 7.99. The summed E-state index contributed by atoms with van der Waals surface area (Å²) in [5, 5.41) is 6.26. The Morgan fingerprint density at radius 3 is 3.05 bits per heavy atom. The normalized spacial score (nSPS) is 18.4. The molecule has 0 aromatic heterocycles. The van der Waals surface area contributed by atoms with Crippen LogP contribution in [0.1, 0.15) is 44.6 Å². The highest BCUT2D eigenvalue weighted by molar-refractivity contribution is 5.90. The Hall–Kier alpha value is -1.39. The van der Waals surface area contributed by atoms with Gasteiger partial charge in [0.05, 0.1) is 6.10 Å². The average molecular weight is 290 g/mol. The number of benzene rings is 1. The number of nitrogens with one attached hydrogen (secondary N) is 2. The molecule has 21 heavy (non-hydrogen) atoms. The van der Waals surface area contributed by atoms with E-state index in [4.69, 9.17) is 4.74 Å². The van der Waals surface area contributed by atoms with Gasteiger partial charge in [-0.1, -0.05) is 19.1 Å². The number of amides is 1. The molecular formula is C17H26N2O2. The van der Waals surface area contributed by atoms with Crippen LogP contribution >= 0.6 is 0 Å². The van der Waals surface area contributed by atoms with Crippen LogP contribution in [0.3, 0.4) is 0 Å². The van der Waals surface area contributed by atoms with Crippen molar-refractivity contribution in [2.24, 2.45) is 0 Å². The summed E-state index contributed by atoms with van der Waals surface area (Å²) in [6.45, 7) is 4.70. The SMILES string of the molecule is CCNCc1cccc(NC(=O)CCC2CCCCO2)c1. The molecule has 1 fully saturated rings. The standard InChI is InChI=1S/C17H26N2O2/c1-2-18-13-14-6-5-7-15(12-14)19-17(20)10-9-16-8-3-4-11-21-16/h5-7,12,16,18H,2-4,8-11,13H2,1H3,(H,19,20). The fraction of sp³-hybridized carbons (Fsp3) is 0.588. The molecule has 0 spiro atoms. The summed E-state index contributed by atoms with van der Waals surface area (Å²) in [6, 6.07) is 8.00. The minimum atomic E-state index is 0.0739. The van der Waals surface area contributed by atoms with Crippen molar-refractivity contribution in [3.63, 3.8) is 0 Å². The smallest absolute Gasteiger partial charge is 0.224 e. The summed E-state index contributed by atoms with van der Waals surface area (Å²) in [5.41, 5.74) is 2.06. The largest absolute Gasteiger partial charge is 0.378 e. The average Bonchev–Trinajstić information content (AvgIpc) is 2.52. The summed E-state index contributed by atoms with van der Waals surface area (Å²) < 4.78 is 5.65. The van der Waals surface area contributed by atoms with Gasteiger partial charge in [-0.25, -0.2) is 0 Å². The van der Waals surface area contributed by atoms with Gasteiger partial charge < -0.3 is 15.4 Å². The van der Waals surface area contributed by atoms with Gasteiger partial charge in [0.15, 0.2) is 0 Å². The predicted molar refractivity (Wildman–Crippen MR) is 85.3 cm³/mol. The Morgan fingerprint density at radius 2 is 2.29 bits per heavy atom. The molecule has 116 valence electrons. The number of carbonyl (C=O) groups is 1. The minimum absolute atomic E-state index is 0.0739. The van der Waals surface area contributed by atoms with Gasteiger partial charge in [-0.2, -0.15) is 0 Å². The number of ether oxygens (including phenoxy) is 1. The molecule has 1 aromatic carbocycles. The molecule has 1 heterocycles. The van der Waals surface area contributed by atoms with Crippen LogP contribution in [-0.2, 0) is 16.1 Å². The number of hydrogen-bond acceptors (Lipinski definition) is 3. The monoisotopic (exact) mass is 290 g/mol. The van der Waals surface area contributed by atoms with Crippen molar-refractivity contribution >= 4 is 11.6 Å². The molecule has 1 atom stereocenters. The molecule has 1 aliphatic rings. The van der Waals surface area contributed by atoms with Gasteiger partial charge >= 0.3 is 0 Å². The van der Waals surface area contributed by atoms with E-state index in [0.29, 0.717) is 6.42 Å². The van der Waals surface area contributed by atoms with Crippen molar-refractivity contribution in [3.05, 3.63) is 29.8 Å². The molecule has 2 N–H and O–H groups in total. The molecule has 4 nitrogen and oxygen atoms in total. The van der Waals surface area contributed by atoms with Crippen LogP contribution in [0.4, 0.5) is 5.69 Å². The zero-order valence-electron chi connectivity index (χ0n) is 12.9. The van der Waals surface area contributed by atoms with Crippen molar-refractivity contribution in [2.45, 2.75) is 51.7 Å². The summed E-state index contributed by atoms with van der Waals surface area (Å²) in [7, 11) is 0. The number of hydrogen-bond donors (Lipinski definition) is 2. The van der Waals surface area contributed by atoms with E-state index >= 15 is 0 Å². The summed E-state index contributed by atoms with van der Waals surface area (Å²) in [5.74, 6) is 0.0739. The summed E-state index contributed by atoms with van der Waals surface area (Å²) in [6.07, 6.45) is 5.08. The van der Waals surface area contributed by atoms with Crippen molar-refractivity contribution in [1.29, 1.82) is 0 Å². The van der Waals surface area contributed by atoms with Crippen LogP contribution in [0.5, 0.6) is 0 Å². The maximum Gasteiger partial charge on any atom is 0.224 e. The van der Waals surface area contributed by atoms with Crippen LogP contribution in [-0.4, -0.2) is 25.2 Å². The van der Waals surface area contributed by atoms with Crippen LogP contribution in [0.15, 0.2) is 24.3 Å². The molecule has 1 amide bonds.